The molecule has 1 aromatic heterocycles. The van der Waals surface area contributed by atoms with Crippen LogP contribution in [-0.2, 0) is 0 Å². The highest BCUT2D eigenvalue weighted by atomic mass is 79.9. The molecule has 0 aliphatic heterocycles. The summed E-state index contributed by atoms with van der Waals surface area (Å²) in [5, 5.41) is 5.86. The SMILES string of the molecule is CC(NC(C)C1CCC1)c1cc(Br)cs1. The largest absolute Gasteiger partial charge is 0.307 e. The zero-order valence-corrected chi connectivity index (χ0v) is 11.7. The summed E-state index contributed by atoms with van der Waals surface area (Å²) in [4.78, 5) is 1.42. The van der Waals surface area contributed by atoms with Gasteiger partial charge in [-0.2, -0.15) is 0 Å². The summed E-state index contributed by atoms with van der Waals surface area (Å²) in [5.74, 6) is 0.913. The zero-order valence-electron chi connectivity index (χ0n) is 9.29. The molecule has 1 nitrogen and oxygen atoms in total. The first kappa shape index (κ1) is 11.6. The van der Waals surface area contributed by atoms with E-state index in [-0.39, 0.29) is 0 Å². The Kier molecular flexibility index (Phi) is 3.86. The number of rotatable bonds is 4. The molecule has 2 atom stereocenters. The highest BCUT2D eigenvalue weighted by molar-refractivity contribution is 9.10. The van der Waals surface area contributed by atoms with Crippen LogP contribution in [0.5, 0.6) is 0 Å². The van der Waals surface area contributed by atoms with Gasteiger partial charge in [0.25, 0.3) is 0 Å². The standard InChI is InChI=1S/C12H18BrNS/c1-8(10-4-3-5-10)14-9(2)12-6-11(13)7-15-12/h6-10,14H,3-5H2,1-2H3. The minimum absolute atomic E-state index is 0.483. The van der Waals surface area contributed by atoms with Gasteiger partial charge in [0, 0.05) is 26.8 Å². The van der Waals surface area contributed by atoms with Crippen LogP contribution in [-0.4, -0.2) is 6.04 Å². The Labute approximate surface area is 104 Å². The molecule has 1 fully saturated rings. The molecule has 1 saturated carbocycles. The quantitative estimate of drug-likeness (QED) is 0.868. The van der Waals surface area contributed by atoms with Gasteiger partial charge in [-0.25, -0.2) is 0 Å². The van der Waals surface area contributed by atoms with Gasteiger partial charge < -0.3 is 5.32 Å². The molecular weight excluding hydrogens is 270 g/mol. The summed E-state index contributed by atoms with van der Waals surface area (Å²) < 4.78 is 1.20. The molecule has 2 rings (SSSR count). The average Bonchev–Trinajstić information content (AvgIpc) is 2.48. The van der Waals surface area contributed by atoms with Gasteiger partial charge in [0.05, 0.1) is 0 Å². The molecule has 15 heavy (non-hydrogen) atoms. The predicted octanol–water partition coefficient (Wildman–Crippen LogP) is 4.35. The van der Waals surface area contributed by atoms with E-state index in [2.05, 4.69) is 46.5 Å². The molecular formula is C12H18BrNS. The molecule has 2 unspecified atom stereocenters. The fourth-order valence-electron chi connectivity index (χ4n) is 2.11. The molecule has 0 amide bonds. The number of thiophene rings is 1. The molecule has 0 aromatic carbocycles. The van der Waals surface area contributed by atoms with Crippen LogP contribution < -0.4 is 5.32 Å². The predicted molar refractivity (Wildman–Crippen MR) is 70.4 cm³/mol. The lowest BCUT2D eigenvalue weighted by molar-refractivity contribution is 0.230. The molecule has 1 N–H and O–H groups in total. The van der Waals surface area contributed by atoms with E-state index in [4.69, 9.17) is 0 Å². The maximum atomic E-state index is 3.70. The van der Waals surface area contributed by atoms with Gasteiger partial charge in [-0.15, -0.1) is 11.3 Å². The number of halogens is 1. The van der Waals surface area contributed by atoms with Crippen LogP contribution in [0.3, 0.4) is 0 Å². The molecule has 1 heterocycles. The second-order valence-electron chi connectivity index (χ2n) is 4.54. The Morgan fingerprint density at radius 2 is 2.20 bits per heavy atom. The van der Waals surface area contributed by atoms with Crippen molar-refractivity contribution in [2.75, 3.05) is 0 Å². The third kappa shape index (κ3) is 2.83. The van der Waals surface area contributed by atoms with E-state index in [0.717, 1.165) is 5.92 Å². The molecule has 0 spiro atoms. The first-order valence-corrected chi connectivity index (χ1v) is 7.34. The lowest BCUT2D eigenvalue weighted by atomic mass is 9.80. The Hall–Kier alpha value is 0.140. The minimum atomic E-state index is 0.483. The maximum absolute atomic E-state index is 3.70. The van der Waals surface area contributed by atoms with Gasteiger partial charge in [0.1, 0.15) is 0 Å². The van der Waals surface area contributed by atoms with E-state index < -0.39 is 0 Å². The summed E-state index contributed by atoms with van der Waals surface area (Å²) in [6.07, 6.45) is 4.25. The maximum Gasteiger partial charge on any atom is 0.0388 e. The Morgan fingerprint density at radius 3 is 2.67 bits per heavy atom. The lowest BCUT2D eigenvalue weighted by Gasteiger charge is -2.33. The topological polar surface area (TPSA) is 12.0 Å². The van der Waals surface area contributed by atoms with Crippen molar-refractivity contribution < 1.29 is 0 Å². The first-order chi connectivity index (χ1) is 7.16. The first-order valence-electron chi connectivity index (χ1n) is 5.67. The molecule has 1 aliphatic carbocycles. The van der Waals surface area contributed by atoms with E-state index in [1.165, 1.54) is 28.6 Å². The Morgan fingerprint density at radius 1 is 1.47 bits per heavy atom. The highest BCUT2D eigenvalue weighted by Gasteiger charge is 2.25. The zero-order chi connectivity index (χ0) is 10.8. The van der Waals surface area contributed by atoms with Crippen molar-refractivity contribution in [3.8, 4) is 0 Å². The van der Waals surface area contributed by atoms with E-state index in [1.807, 2.05) is 11.3 Å². The van der Waals surface area contributed by atoms with Crippen molar-refractivity contribution >= 4 is 27.3 Å². The summed E-state index contributed by atoms with van der Waals surface area (Å²) in [7, 11) is 0. The molecule has 0 saturated heterocycles. The van der Waals surface area contributed by atoms with E-state index in [1.54, 1.807) is 0 Å². The van der Waals surface area contributed by atoms with Gasteiger partial charge in [-0.3, -0.25) is 0 Å². The number of nitrogens with one attached hydrogen (secondary N) is 1. The van der Waals surface area contributed by atoms with Crippen molar-refractivity contribution in [2.24, 2.45) is 5.92 Å². The van der Waals surface area contributed by atoms with E-state index in [0.29, 0.717) is 12.1 Å². The third-order valence-corrected chi connectivity index (χ3v) is 5.26. The van der Waals surface area contributed by atoms with Gasteiger partial charge >= 0.3 is 0 Å². The molecule has 84 valence electrons. The van der Waals surface area contributed by atoms with Gasteiger partial charge in [0.15, 0.2) is 0 Å². The summed E-state index contributed by atoms with van der Waals surface area (Å²) >= 11 is 5.33. The summed E-state index contributed by atoms with van der Waals surface area (Å²) in [5.41, 5.74) is 0. The van der Waals surface area contributed by atoms with Crippen molar-refractivity contribution in [1.29, 1.82) is 0 Å². The summed E-state index contributed by atoms with van der Waals surface area (Å²) in [6, 6.07) is 3.36. The van der Waals surface area contributed by atoms with Crippen LogP contribution in [0.25, 0.3) is 0 Å². The average molecular weight is 288 g/mol. The van der Waals surface area contributed by atoms with Crippen LogP contribution in [0.2, 0.25) is 0 Å². The van der Waals surface area contributed by atoms with Gasteiger partial charge in [0.2, 0.25) is 0 Å². The van der Waals surface area contributed by atoms with Crippen LogP contribution in [0.15, 0.2) is 15.9 Å². The van der Waals surface area contributed by atoms with Crippen LogP contribution >= 0.6 is 27.3 Å². The highest BCUT2D eigenvalue weighted by Crippen LogP contribution is 2.31. The molecule has 1 aromatic rings. The second kappa shape index (κ2) is 4.98. The Balaban J connectivity index is 1.88. The second-order valence-corrected chi connectivity index (χ2v) is 6.39. The smallest absolute Gasteiger partial charge is 0.0388 e. The van der Waals surface area contributed by atoms with E-state index >= 15 is 0 Å². The monoisotopic (exact) mass is 287 g/mol. The van der Waals surface area contributed by atoms with Crippen LogP contribution in [0.1, 0.15) is 44.0 Å². The number of hydrogen-bond acceptors (Lipinski definition) is 2. The normalized spacial score (nSPS) is 21.0. The minimum Gasteiger partial charge on any atom is -0.307 e. The molecule has 0 radical (unpaired) electrons. The molecule has 3 heteroatoms. The Bertz CT molecular complexity index is 319. The number of hydrogen-bond donors (Lipinski definition) is 1. The third-order valence-electron chi connectivity index (χ3n) is 3.38. The molecule has 1 aliphatic rings. The van der Waals surface area contributed by atoms with Crippen molar-refractivity contribution in [3.63, 3.8) is 0 Å². The lowest BCUT2D eigenvalue weighted by Crippen LogP contribution is -2.38. The van der Waals surface area contributed by atoms with Crippen molar-refractivity contribution in [1.82, 2.24) is 5.32 Å². The summed E-state index contributed by atoms with van der Waals surface area (Å²) in [6.45, 7) is 4.58. The van der Waals surface area contributed by atoms with Crippen LogP contribution in [0.4, 0.5) is 0 Å². The van der Waals surface area contributed by atoms with Crippen molar-refractivity contribution in [3.05, 3.63) is 20.8 Å². The fourth-order valence-corrected chi connectivity index (χ4v) is 3.57. The van der Waals surface area contributed by atoms with Gasteiger partial charge in [-0.05, 0) is 54.6 Å². The van der Waals surface area contributed by atoms with Gasteiger partial charge in [-0.1, -0.05) is 6.42 Å². The van der Waals surface area contributed by atoms with Crippen molar-refractivity contribution in [2.45, 2.75) is 45.2 Å². The van der Waals surface area contributed by atoms with Crippen LogP contribution in [0, 0.1) is 5.92 Å². The fraction of sp³-hybridized carbons (Fsp3) is 0.667. The van der Waals surface area contributed by atoms with E-state index in [9.17, 15) is 0 Å². The molecule has 0 bridgehead atoms.